The van der Waals surface area contributed by atoms with Gasteiger partial charge in [-0.1, -0.05) is 30.0 Å². The summed E-state index contributed by atoms with van der Waals surface area (Å²) in [4.78, 5) is 37.1. The average molecular weight is 516 g/mol. The predicted molar refractivity (Wildman–Crippen MR) is 135 cm³/mol. The summed E-state index contributed by atoms with van der Waals surface area (Å²) >= 11 is 2.12. The van der Waals surface area contributed by atoms with E-state index in [0.717, 1.165) is 16.9 Å². The molecule has 0 spiro atoms. The van der Waals surface area contributed by atoms with Crippen molar-refractivity contribution < 1.29 is 23.9 Å². The maximum atomic E-state index is 12.8. The van der Waals surface area contributed by atoms with Crippen LogP contribution in [0, 0.1) is 6.92 Å². The molecule has 0 bridgehead atoms. The summed E-state index contributed by atoms with van der Waals surface area (Å²) in [5, 5.41) is 11.9. The molecule has 35 heavy (non-hydrogen) atoms. The maximum Gasteiger partial charge on any atom is 0.341 e. The van der Waals surface area contributed by atoms with E-state index in [1.54, 1.807) is 27.0 Å². The topological polar surface area (TPSA) is 138 Å². The summed E-state index contributed by atoms with van der Waals surface area (Å²) < 4.78 is 12.2. The Morgan fingerprint density at radius 1 is 1.31 bits per heavy atom. The second-order valence-corrected chi connectivity index (χ2v) is 9.08. The van der Waals surface area contributed by atoms with Crippen molar-refractivity contribution in [2.24, 2.45) is 5.73 Å². The van der Waals surface area contributed by atoms with Gasteiger partial charge in [0.25, 0.3) is 5.91 Å². The lowest BCUT2D eigenvalue weighted by atomic mass is 10.1. The van der Waals surface area contributed by atoms with Gasteiger partial charge in [0.1, 0.15) is 10.8 Å². The zero-order chi connectivity index (χ0) is 25.5. The number of thioether (sulfide) groups is 1. The molecule has 184 valence electrons. The molecule has 2 amide bonds. The number of hydrogen-bond donors (Lipinski definition) is 2. The molecule has 0 aliphatic heterocycles. The minimum Gasteiger partial charge on any atom is -0.497 e. The molecule has 3 aromatic rings. The van der Waals surface area contributed by atoms with Crippen molar-refractivity contribution in [3.63, 3.8) is 0 Å². The van der Waals surface area contributed by atoms with Gasteiger partial charge in [-0.3, -0.25) is 14.2 Å². The highest BCUT2D eigenvalue weighted by molar-refractivity contribution is 7.99. The number of nitrogens with zero attached hydrogens (tertiary/aromatic N) is 3. The van der Waals surface area contributed by atoms with E-state index in [1.807, 2.05) is 28.8 Å². The van der Waals surface area contributed by atoms with Crippen LogP contribution in [0.2, 0.25) is 0 Å². The Kier molecular flexibility index (Phi) is 8.66. The fourth-order valence-electron chi connectivity index (χ4n) is 3.24. The average Bonchev–Trinajstić information content (AvgIpc) is 3.38. The molecular weight excluding hydrogens is 490 g/mol. The summed E-state index contributed by atoms with van der Waals surface area (Å²) in [7, 11) is 1.59. The minimum absolute atomic E-state index is 0.0154. The number of allylic oxidation sites excluding steroid dienone is 1. The fourth-order valence-corrected chi connectivity index (χ4v) is 5.05. The maximum absolute atomic E-state index is 12.8. The third kappa shape index (κ3) is 5.89. The third-order valence-electron chi connectivity index (χ3n) is 4.79. The smallest absolute Gasteiger partial charge is 0.341 e. The number of aromatic nitrogens is 3. The molecule has 3 N–H and O–H groups in total. The number of nitrogens with one attached hydrogen (secondary N) is 1. The highest BCUT2D eigenvalue weighted by Gasteiger charge is 2.26. The Balaban J connectivity index is 1.80. The molecule has 12 heteroatoms. The summed E-state index contributed by atoms with van der Waals surface area (Å²) in [6, 6.07) is 7.42. The quantitative estimate of drug-likeness (QED) is 0.225. The standard InChI is InChI=1S/C23H25N5O5S2/c1-5-10-28-20(14-8-7-9-15(11-14)32-4)26-27-23(28)34-12-16(29)25-21-17(22(31)33-6-2)13(3)18(35-21)19(24)30/h5,7-9,11H,1,6,10,12H2,2-4H3,(H2,24,30)(H,25,29). The minimum atomic E-state index is -0.685. The monoisotopic (exact) mass is 515 g/mol. The molecule has 2 aromatic heterocycles. The van der Waals surface area contributed by atoms with E-state index < -0.39 is 17.8 Å². The highest BCUT2D eigenvalue weighted by atomic mass is 32.2. The Labute approximate surface area is 210 Å². The SMILES string of the molecule is C=CCn1c(SCC(=O)Nc2sc(C(N)=O)c(C)c2C(=O)OCC)nnc1-c1cccc(OC)c1. The zero-order valence-electron chi connectivity index (χ0n) is 19.5. The molecule has 0 aliphatic rings. The number of benzene rings is 1. The first kappa shape index (κ1) is 26.0. The van der Waals surface area contributed by atoms with E-state index in [4.69, 9.17) is 15.2 Å². The number of ether oxygens (including phenoxy) is 2. The van der Waals surface area contributed by atoms with Crippen LogP contribution in [-0.2, 0) is 16.1 Å². The van der Waals surface area contributed by atoms with Crippen molar-refractivity contribution >= 4 is 45.9 Å². The number of nitrogens with two attached hydrogens (primary N) is 1. The summed E-state index contributed by atoms with van der Waals surface area (Å²) in [6.45, 7) is 7.63. The van der Waals surface area contributed by atoms with E-state index >= 15 is 0 Å². The molecule has 10 nitrogen and oxygen atoms in total. The largest absolute Gasteiger partial charge is 0.497 e. The van der Waals surface area contributed by atoms with Gasteiger partial charge in [-0.2, -0.15) is 0 Å². The van der Waals surface area contributed by atoms with Crippen LogP contribution in [0.15, 0.2) is 42.1 Å². The lowest BCUT2D eigenvalue weighted by Gasteiger charge is -2.09. The van der Waals surface area contributed by atoms with Crippen molar-refractivity contribution in [1.29, 1.82) is 0 Å². The van der Waals surface area contributed by atoms with Crippen LogP contribution in [0.5, 0.6) is 5.75 Å². The Morgan fingerprint density at radius 3 is 2.74 bits per heavy atom. The van der Waals surface area contributed by atoms with E-state index in [1.165, 1.54) is 11.8 Å². The number of primary amides is 1. The summed E-state index contributed by atoms with van der Waals surface area (Å²) in [5.41, 5.74) is 6.72. The van der Waals surface area contributed by atoms with Gasteiger partial charge in [0.05, 0.1) is 29.9 Å². The molecule has 0 radical (unpaired) electrons. The molecular formula is C23H25N5O5S2. The van der Waals surface area contributed by atoms with E-state index in [0.29, 0.717) is 28.8 Å². The number of amides is 2. The normalized spacial score (nSPS) is 10.6. The van der Waals surface area contributed by atoms with Crippen molar-refractivity contribution in [2.75, 3.05) is 24.8 Å². The second kappa shape index (κ2) is 11.7. The number of hydrogen-bond acceptors (Lipinski definition) is 9. The number of anilines is 1. The first-order valence-electron chi connectivity index (χ1n) is 10.5. The number of thiophene rings is 1. The first-order chi connectivity index (χ1) is 16.8. The van der Waals surface area contributed by atoms with Gasteiger partial charge in [-0.25, -0.2) is 4.79 Å². The highest BCUT2D eigenvalue weighted by Crippen LogP contribution is 2.34. The van der Waals surface area contributed by atoms with E-state index in [-0.39, 0.29) is 27.8 Å². The number of carbonyl (C=O) groups is 3. The molecule has 0 saturated carbocycles. The Hall–Kier alpha value is -3.64. The Morgan fingerprint density at radius 2 is 2.09 bits per heavy atom. The van der Waals surface area contributed by atoms with Crippen LogP contribution in [0.25, 0.3) is 11.4 Å². The second-order valence-electron chi connectivity index (χ2n) is 7.12. The lowest BCUT2D eigenvalue weighted by Crippen LogP contribution is -2.17. The van der Waals surface area contributed by atoms with Crippen LogP contribution < -0.4 is 15.8 Å². The molecule has 3 rings (SSSR count). The van der Waals surface area contributed by atoms with Crippen LogP contribution >= 0.6 is 23.1 Å². The number of methoxy groups -OCH3 is 1. The van der Waals surface area contributed by atoms with Gasteiger partial charge in [-0.15, -0.1) is 28.1 Å². The number of rotatable bonds is 11. The molecule has 1 aromatic carbocycles. The molecule has 0 unspecified atom stereocenters. The van der Waals surface area contributed by atoms with Gasteiger partial charge in [-0.05, 0) is 31.5 Å². The van der Waals surface area contributed by atoms with E-state index in [2.05, 4.69) is 22.1 Å². The van der Waals surface area contributed by atoms with Gasteiger partial charge in [0, 0.05) is 12.1 Å². The summed E-state index contributed by atoms with van der Waals surface area (Å²) in [6.07, 6.45) is 1.71. The van der Waals surface area contributed by atoms with Crippen LogP contribution in [0.3, 0.4) is 0 Å². The van der Waals surface area contributed by atoms with Crippen molar-refractivity contribution in [2.45, 2.75) is 25.5 Å². The predicted octanol–water partition coefficient (Wildman–Crippen LogP) is 3.52. The Bertz CT molecular complexity index is 1270. The number of carbonyl (C=O) groups excluding carboxylic acids is 3. The van der Waals surface area contributed by atoms with Gasteiger partial charge >= 0.3 is 5.97 Å². The zero-order valence-corrected chi connectivity index (χ0v) is 21.1. The molecule has 0 saturated heterocycles. The van der Waals surface area contributed by atoms with Gasteiger partial charge in [0.2, 0.25) is 5.91 Å². The van der Waals surface area contributed by atoms with Crippen molar-refractivity contribution in [3.05, 3.63) is 52.9 Å². The van der Waals surface area contributed by atoms with Crippen molar-refractivity contribution in [3.8, 4) is 17.1 Å². The fraction of sp³-hybridized carbons (Fsp3) is 0.261. The molecule has 2 heterocycles. The molecule has 0 aliphatic carbocycles. The van der Waals surface area contributed by atoms with Crippen molar-refractivity contribution in [1.82, 2.24) is 14.8 Å². The van der Waals surface area contributed by atoms with Gasteiger partial charge < -0.3 is 20.5 Å². The van der Waals surface area contributed by atoms with E-state index in [9.17, 15) is 14.4 Å². The molecule has 0 fully saturated rings. The first-order valence-corrected chi connectivity index (χ1v) is 12.3. The number of esters is 1. The van der Waals surface area contributed by atoms with Crippen LogP contribution in [-0.4, -0.2) is 52.0 Å². The van der Waals surface area contributed by atoms with Gasteiger partial charge in [0.15, 0.2) is 11.0 Å². The third-order valence-corrected chi connectivity index (χ3v) is 6.98. The molecule has 0 atom stereocenters. The lowest BCUT2D eigenvalue weighted by molar-refractivity contribution is -0.113. The van der Waals surface area contributed by atoms with Crippen LogP contribution in [0.1, 0.15) is 32.5 Å². The van der Waals surface area contributed by atoms with Crippen LogP contribution in [0.4, 0.5) is 5.00 Å². The summed E-state index contributed by atoms with van der Waals surface area (Å²) in [5.74, 6) is -0.437.